The molecule has 0 aliphatic carbocycles. The number of methoxy groups -OCH3 is 1. The highest BCUT2D eigenvalue weighted by Gasteiger charge is 2.44. The Kier molecular flexibility index (Phi) is 6.05. The van der Waals surface area contributed by atoms with Crippen LogP contribution in [0.25, 0.3) is 0 Å². The van der Waals surface area contributed by atoms with E-state index in [1.165, 1.54) is 10.6 Å². The third-order valence-corrected chi connectivity index (χ3v) is 6.42. The molecule has 8 nitrogen and oxygen atoms in total. The lowest BCUT2D eigenvalue weighted by Crippen LogP contribution is -2.63. The highest BCUT2D eigenvalue weighted by molar-refractivity contribution is 7.88. The van der Waals surface area contributed by atoms with Gasteiger partial charge in [0.05, 0.1) is 31.5 Å². The lowest BCUT2D eigenvalue weighted by molar-refractivity contribution is -0.134. The van der Waals surface area contributed by atoms with Gasteiger partial charge in [-0.3, -0.25) is 4.79 Å². The van der Waals surface area contributed by atoms with Crippen molar-refractivity contribution < 1.29 is 22.7 Å². The first-order chi connectivity index (χ1) is 12.8. The number of ether oxygens (including phenoxy) is 2. The molecular weight excluding hydrogens is 370 g/mol. The van der Waals surface area contributed by atoms with Gasteiger partial charge >= 0.3 is 0 Å². The molecule has 2 heterocycles. The van der Waals surface area contributed by atoms with E-state index in [4.69, 9.17) is 9.47 Å². The molecular formula is C18H27N3O5S. The number of nitrogens with zero attached hydrogens (tertiary/aromatic N) is 1. The molecule has 27 heavy (non-hydrogen) atoms. The van der Waals surface area contributed by atoms with Gasteiger partial charge in [0.15, 0.2) is 0 Å². The Morgan fingerprint density at radius 2 is 2.22 bits per heavy atom. The Hall–Kier alpha value is -1.68. The van der Waals surface area contributed by atoms with Crippen molar-refractivity contribution in [3.8, 4) is 5.75 Å². The van der Waals surface area contributed by atoms with Crippen LogP contribution in [-0.4, -0.2) is 77.4 Å². The van der Waals surface area contributed by atoms with Crippen LogP contribution in [-0.2, 0) is 26.0 Å². The number of benzene rings is 1. The number of hydrogen-bond acceptors (Lipinski definition) is 6. The number of carbonyl (C=O) groups excluding carboxylic acids is 1. The van der Waals surface area contributed by atoms with E-state index in [0.717, 1.165) is 11.3 Å². The maximum atomic E-state index is 12.9. The van der Waals surface area contributed by atoms with Crippen molar-refractivity contribution in [3.05, 3.63) is 29.8 Å². The van der Waals surface area contributed by atoms with Gasteiger partial charge in [-0.1, -0.05) is 12.1 Å². The number of hydrogen-bond donors (Lipinski definition) is 2. The zero-order valence-electron chi connectivity index (χ0n) is 15.7. The first kappa shape index (κ1) is 20.1. The maximum absolute atomic E-state index is 12.9. The highest BCUT2D eigenvalue weighted by atomic mass is 32.2. The van der Waals surface area contributed by atoms with Gasteiger partial charge in [-0.25, -0.2) is 8.42 Å². The summed E-state index contributed by atoms with van der Waals surface area (Å²) in [4.78, 5) is 12.9. The summed E-state index contributed by atoms with van der Waals surface area (Å²) in [5.74, 6) is 0.732. The van der Waals surface area contributed by atoms with Crippen LogP contribution in [0, 0.1) is 5.41 Å². The Labute approximate surface area is 160 Å². The van der Waals surface area contributed by atoms with E-state index in [-0.39, 0.29) is 18.6 Å². The molecule has 0 aromatic heterocycles. The smallest absolute Gasteiger partial charge is 0.229 e. The minimum absolute atomic E-state index is 0.0378. The van der Waals surface area contributed by atoms with Crippen molar-refractivity contribution in [2.45, 2.75) is 12.5 Å². The third kappa shape index (κ3) is 4.78. The summed E-state index contributed by atoms with van der Waals surface area (Å²) >= 11 is 0. The summed E-state index contributed by atoms with van der Waals surface area (Å²) in [6.45, 7) is 2.47. The second-order valence-electron chi connectivity index (χ2n) is 7.24. The van der Waals surface area contributed by atoms with Gasteiger partial charge in [0.2, 0.25) is 15.9 Å². The fourth-order valence-electron chi connectivity index (χ4n) is 3.48. The number of sulfonamides is 1. The Morgan fingerprint density at radius 3 is 2.85 bits per heavy atom. The zero-order chi connectivity index (χ0) is 19.5. The molecule has 2 saturated heterocycles. The predicted molar refractivity (Wildman–Crippen MR) is 101 cm³/mol. The molecule has 1 aromatic rings. The van der Waals surface area contributed by atoms with Crippen molar-refractivity contribution in [2.24, 2.45) is 5.41 Å². The van der Waals surface area contributed by atoms with E-state index >= 15 is 0 Å². The zero-order valence-corrected chi connectivity index (χ0v) is 16.5. The van der Waals surface area contributed by atoms with E-state index in [1.807, 2.05) is 24.3 Å². The first-order valence-electron chi connectivity index (χ1n) is 9.01. The molecule has 150 valence electrons. The van der Waals surface area contributed by atoms with Crippen LogP contribution in [0.2, 0.25) is 0 Å². The molecule has 0 saturated carbocycles. The van der Waals surface area contributed by atoms with Crippen molar-refractivity contribution >= 4 is 15.9 Å². The van der Waals surface area contributed by atoms with Gasteiger partial charge in [0, 0.05) is 32.7 Å². The third-order valence-electron chi connectivity index (χ3n) is 5.15. The molecule has 1 unspecified atom stereocenters. The molecule has 1 atom stereocenters. The summed E-state index contributed by atoms with van der Waals surface area (Å²) in [5.41, 5.74) is 0.542. The average molecular weight is 397 g/mol. The molecule has 2 fully saturated rings. The summed E-state index contributed by atoms with van der Waals surface area (Å²) in [5, 5.41) is 6.15. The Morgan fingerprint density at radius 1 is 1.44 bits per heavy atom. The van der Waals surface area contributed by atoms with E-state index in [2.05, 4.69) is 10.6 Å². The summed E-state index contributed by atoms with van der Waals surface area (Å²) < 4.78 is 35.7. The van der Waals surface area contributed by atoms with Gasteiger partial charge in [0.1, 0.15) is 5.75 Å². The van der Waals surface area contributed by atoms with Crippen LogP contribution in [0.5, 0.6) is 5.75 Å². The number of amides is 1. The van der Waals surface area contributed by atoms with Crippen molar-refractivity contribution in [2.75, 3.05) is 52.7 Å². The molecule has 0 bridgehead atoms. The van der Waals surface area contributed by atoms with E-state index in [9.17, 15) is 13.2 Å². The minimum atomic E-state index is -3.25. The molecule has 0 radical (unpaired) electrons. The van der Waals surface area contributed by atoms with Crippen molar-refractivity contribution in [1.29, 1.82) is 0 Å². The molecule has 9 heteroatoms. The fraction of sp³-hybridized carbons (Fsp3) is 0.611. The predicted octanol–water partition coefficient (Wildman–Crippen LogP) is -0.396. The highest BCUT2D eigenvalue weighted by Crippen LogP contribution is 2.29. The van der Waals surface area contributed by atoms with Crippen molar-refractivity contribution in [3.63, 3.8) is 0 Å². The molecule has 0 spiro atoms. The van der Waals surface area contributed by atoms with E-state index < -0.39 is 15.4 Å². The standard InChI is InChI=1S/C18H27N3O5S/c1-25-15-5-3-4-14(8-15)9-18(12-19-13-18)17(22)20-10-16-11-21(6-7-26-16)27(2,23)24/h3-5,8,16,19H,6-7,9-13H2,1-2H3,(H,20,22). The largest absolute Gasteiger partial charge is 0.497 e. The van der Waals surface area contributed by atoms with Crippen LogP contribution in [0.1, 0.15) is 5.56 Å². The monoisotopic (exact) mass is 397 g/mol. The van der Waals surface area contributed by atoms with Crippen LogP contribution in [0.15, 0.2) is 24.3 Å². The molecule has 1 amide bonds. The summed E-state index contributed by atoms with van der Waals surface area (Å²) in [6, 6.07) is 7.73. The van der Waals surface area contributed by atoms with Gasteiger partial charge < -0.3 is 20.1 Å². The second-order valence-corrected chi connectivity index (χ2v) is 9.22. The van der Waals surface area contributed by atoms with Crippen LogP contribution in [0.3, 0.4) is 0 Å². The second kappa shape index (κ2) is 8.14. The normalized spacial score (nSPS) is 22.7. The topological polar surface area (TPSA) is 97.0 Å². The fourth-order valence-corrected chi connectivity index (χ4v) is 4.32. The average Bonchev–Trinajstić information content (AvgIpc) is 2.62. The van der Waals surface area contributed by atoms with Crippen molar-refractivity contribution in [1.82, 2.24) is 14.9 Å². The lowest BCUT2D eigenvalue weighted by atomic mass is 9.75. The van der Waals surface area contributed by atoms with Gasteiger partial charge in [-0.15, -0.1) is 0 Å². The Bertz CT molecular complexity index is 779. The maximum Gasteiger partial charge on any atom is 0.229 e. The lowest BCUT2D eigenvalue weighted by Gasteiger charge is -2.41. The van der Waals surface area contributed by atoms with E-state index in [0.29, 0.717) is 39.2 Å². The van der Waals surface area contributed by atoms with E-state index in [1.54, 1.807) is 7.11 Å². The summed E-state index contributed by atoms with van der Waals surface area (Å²) in [6.07, 6.45) is 1.47. The van der Waals surface area contributed by atoms with Crippen LogP contribution >= 0.6 is 0 Å². The van der Waals surface area contributed by atoms with Crippen LogP contribution in [0.4, 0.5) is 0 Å². The van der Waals surface area contributed by atoms with Gasteiger partial charge in [-0.05, 0) is 24.1 Å². The molecule has 2 N–H and O–H groups in total. The SMILES string of the molecule is COc1cccc(CC2(C(=O)NCC3CN(S(C)(=O)=O)CCO3)CNC2)c1. The van der Waals surface area contributed by atoms with Crippen LogP contribution < -0.4 is 15.4 Å². The molecule has 2 aliphatic rings. The number of rotatable bonds is 7. The molecule has 1 aromatic carbocycles. The quantitative estimate of drug-likeness (QED) is 0.650. The molecule has 2 aliphatic heterocycles. The first-order valence-corrected chi connectivity index (χ1v) is 10.9. The number of carbonyl (C=O) groups is 1. The minimum Gasteiger partial charge on any atom is -0.497 e. The number of nitrogens with one attached hydrogen (secondary N) is 2. The van der Waals surface area contributed by atoms with Gasteiger partial charge in [-0.2, -0.15) is 4.31 Å². The summed E-state index contributed by atoms with van der Waals surface area (Å²) in [7, 11) is -1.63. The Balaban J connectivity index is 1.58. The number of morpholine rings is 1. The van der Waals surface area contributed by atoms with Gasteiger partial charge in [0.25, 0.3) is 0 Å². The molecule has 3 rings (SSSR count).